The Labute approximate surface area is 159 Å². The largest absolute Gasteiger partial charge is 0.497 e. The van der Waals surface area contributed by atoms with Gasteiger partial charge in [-0.15, -0.1) is 0 Å². The van der Waals surface area contributed by atoms with Gasteiger partial charge in [0.25, 0.3) is 0 Å². The van der Waals surface area contributed by atoms with E-state index >= 15 is 0 Å². The van der Waals surface area contributed by atoms with Crippen molar-refractivity contribution < 1.29 is 28.6 Å². The molecule has 0 spiro atoms. The van der Waals surface area contributed by atoms with Crippen LogP contribution in [0.5, 0.6) is 5.75 Å². The molecule has 0 aliphatic heterocycles. The summed E-state index contributed by atoms with van der Waals surface area (Å²) in [4.78, 5) is 38.5. The van der Waals surface area contributed by atoms with Crippen LogP contribution in [0.3, 0.4) is 0 Å². The summed E-state index contributed by atoms with van der Waals surface area (Å²) < 4.78 is 15.5. The van der Waals surface area contributed by atoms with Crippen molar-refractivity contribution in [1.82, 2.24) is 0 Å². The number of methoxy groups -OCH3 is 1. The zero-order valence-electron chi connectivity index (χ0n) is 16.1. The molecule has 7 nitrogen and oxygen atoms in total. The van der Waals surface area contributed by atoms with E-state index in [0.29, 0.717) is 24.3 Å². The number of ether oxygens (including phenoxy) is 3. The fourth-order valence-electron chi connectivity index (χ4n) is 3.41. The van der Waals surface area contributed by atoms with Gasteiger partial charge in [0.2, 0.25) is 0 Å². The maximum absolute atomic E-state index is 12.9. The summed E-state index contributed by atoms with van der Waals surface area (Å²) in [6, 6.07) is 5.74. The molecule has 1 aromatic rings. The second-order valence-corrected chi connectivity index (χ2v) is 6.38. The molecule has 0 aromatic heterocycles. The van der Waals surface area contributed by atoms with Crippen molar-refractivity contribution >= 4 is 23.4 Å². The predicted molar refractivity (Wildman–Crippen MR) is 99.6 cm³/mol. The van der Waals surface area contributed by atoms with Gasteiger partial charge in [-0.25, -0.2) is 4.79 Å². The lowest BCUT2D eigenvalue weighted by molar-refractivity contribution is -0.169. The number of esters is 2. The zero-order chi connectivity index (χ0) is 19.9. The Morgan fingerprint density at radius 2 is 1.78 bits per heavy atom. The summed E-state index contributed by atoms with van der Waals surface area (Å²) in [5.41, 5.74) is -1.00. The van der Waals surface area contributed by atoms with Crippen LogP contribution in [-0.2, 0) is 23.9 Å². The van der Waals surface area contributed by atoms with E-state index in [2.05, 4.69) is 5.32 Å². The lowest BCUT2D eigenvalue weighted by Crippen LogP contribution is -2.58. The predicted octanol–water partition coefficient (Wildman–Crippen LogP) is 2.73. The third-order valence-electron chi connectivity index (χ3n) is 4.78. The van der Waals surface area contributed by atoms with Crippen molar-refractivity contribution in [1.29, 1.82) is 0 Å². The van der Waals surface area contributed by atoms with Crippen LogP contribution < -0.4 is 10.1 Å². The van der Waals surface area contributed by atoms with Gasteiger partial charge in [-0.1, -0.05) is 6.42 Å². The number of rotatable bonds is 8. The van der Waals surface area contributed by atoms with Crippen molar-refractivity contribution in [2.75, 3.05) is 25.6 Å². The number of ketones is 1. The smallest absolute Gasteiger partial charge is 0.330 e. The fourth-order valence-corrected chi connectivity index (χ4v) is 3.41. The van der Waals surface area contributed by atoms with E-state index < -0.39 is 23.4 Å². The van der Waals surface area contributed by atoms with E-state index in [4.69, 9.17) is 14.2 Å². The third kappa shape index (κ3) is 4.40. The monoisotopic (exact) mass is 377 g/mol. The van der Waals surface area contributed by atoms with E-state index in [9.17, 15) is 14.4 Å². The number of anilines is 1. The quantitative estimate of drug-likeness (QED) is 0.550. The number of carbonyl (C=O) groups excluding carboxylic acids is 3. The first-order valence-electron chi connectivity index (χ1n) is 9.27. The molecule has 27 heavy (non-hydrogen) atoms. The molecule has 1 N–H and O–H groups in total. The SMILES string of the molecule is CCOC(=O)[C@H](Nc1ccc(OC)cc1)[C@]1(C(=O)OCC)CCCCC1=O. The van der Waals surface area contributed by atoms with Gasteiger partial charge in [-0.05, 0) is 51.0 Å². The van der Waals surface area contributed by atoms with Crippen LogP contribution in [0.2, 0.25) is 0 Å². The normalized spacial score (nSPS) is 20.5. The molecule has 0 saturated heterocycles. The summed E-state index contributed by atoms with van der Waals surface area (Å²) >= 11 is 0. The highest BCUT2D eigenvalue weighted by molar-refractivity contribution is 6.09. The molecule has 1 fully saturated rings. The molecular formula is C20H27NO6. The molecule has 0 heterocycles. The maximum atomic E-state index is 12.9. The van der Waals surface area contributed by atoms with Gasteiger partial charge in [0, 0.05) is 12.1 Å². The summed E-state index contributed by atoms with van der Waals surface area (Å²) in [5.74, 6) is -0.946. The zero-order valence-corrected chi connectivity index (χ0v) is 16.1. The van der Waals surface area contributed by atoms with E-state index in [-0.39, 0.29) is 31.8 Å². The molecule has 0 unspecified atom stereocenters. The molecule has 1 saturated carbocycles. The topological polar surface area (TPSA) is 90.9 Å². The molecule has 148 valence electrons. The minimum Gasteiger partial charge on any atom is -0.497 e. The fraction of sp³-hybridized carbons (Fsp3) is 0.550. The van der Waals surface area contributed by atoms with Crippen LogP contribution in [0.4, 0.5) is 5.69 Å². The standard InChI is InChI=1S/C20H27NO6/c1-4-26-18(23)17(21-14-9-11-15(25-3)12-10-14)20(19(24)27-5-2)13-7-6-8-16(20)22/h9-12,17,21H,4-8,13H2,1-3H3/t17-,20-/m0/s1. The number of Topliss-reactive ketones (excluding diaryl/α,β-unsaturated/α-hetero) is 1. The number of benzene rings is 1. The molecule has 0 radical (unpaired) electrons. The highest BCUT2D eigenvalue weighted by Gasteiger charge is 2.57. The molecular weight excluding hydrogens is 350 g/mol. The Bertz CT molecular complexity index is 672. The molecule has 1 aromatic carbocycles. The van der Waals surface area contributed by atoms with Crippen molar-refractivity contribution in [2.24, 2.45) is 5.41 Å². The van der Waals surface area contributed by atoms with Gasteiger partial charge in [0.05, 0.1) is 20.3 Å². The lowest BCUT2D eigenvalue weighted by Gasteiger charge is -2.39. The van der Waals surface area contributed by atoms with Gasteiger partial charge in [0.1, 0.15) is 11.8 Å². The Morgan fingerprint density at radius 1 is 1.11 bits per heavy atom. The summed E-state index contributed by atoms with van der Waals surface area (Å²) in [5, 5.41) is 3.04. The molecule has 1 aliphatic carbocycles. The molecule has 1 aliphatic rings. The molecule has 2 rings (SSSR count). The highest BCUT2D eigenvalue weighted by Crippen LogP contribution is 2.40. The number of hydrogen-bond acceptors (Lipinski definition) is 7. The van der Waals surface area contributed by atoms with Gasteiger partial charge in [-0.2, -0.15) is 0 Å². The molecule has 0 bridgehead atoms. The van der Waals surface area contributed by atoms with Crippen LogP contribution >= 0.6 is 0 Å². The first-order valence-corrected chi connectivity index (χ1v) is 9.27. The summed E-state index contributed by atoms with van der Waals surface area (Å²) in [6.45, 7) is 3.63. The average molecular weight is 377 g/mol. The number of carbonyl (C=O) groups is 3. The van der Waals surface area contributed by atoms with Crippen molar-refractivity contribution in [3.63, 3.8) is 0 Å². The van der Waals surface area contributed by atoms with Crippen molar-refractivity contribution in [3.8, 4) is 5.75 Å². The summed E-state index contributed by atoms with van der Waals surface area (Å²) in [7, 11) is 1.56. The van der Waals surface area contributed by atoms with Crippen LogP contribution in [0.25, 0.3) is 0 Å². The van der Waals surface area contributed by atoms with E-state index in [1.54, 1.807) is 45.2 Å². The molecule has 7 heteroatoms. The highest BCUT2D eigenvalue weighted by atomic mass is 16.5. The number of nitrogens with one attached hydrogen (secondary N) is 1. The van der Waals surface area contributed by atoms with E-state index in [1.165, 1.54) is 0 Å². The van der Waals surface area contributed by atoms with E-state index in [1.807, 2.05) is 0 Å². The second-order valence-electron chi connectivity index (χ2n) is 6.38. The van der Waals surface area contributed by atoms with Crippen LogP contribution in [-0.4, -0.2) is 44.1 Å². The maximum Gasteiger partial charge on any atom is 0.330 e. The van der Waals surface area contributed by atoms with E-state index in [0.717, 1.165) is 0 Å². The van der Waals surface area contributed by atoms with Crippen LogP contribution in [0.1, 0.15) is 39.5 Å². The second kappa shape index (κ2) is 9.39. The average Bonchev–Trinajstić information content (AvgIpc) is 2.67. The van der Waals surface area contributed by atoms with Gasteiger partial charge in [0.15, 0.2) is 11.2 Å². The Kier molecular flexibility index (Phi) is 7.21. The van der Waals surface area contributed by atoms with Crippen LogP contribution in [0, 0.1) is 5.41 Å². The third-order valence-corrected chi connectivity index (χ3v) is 4.78. The number of hydrogen-bond donors (Lipinski definition) is 1. The van der Waals surface area contributed by atoms with Crippen LogP contribution in [0.15, 0.2) is 24.3 Å². The van der Waals surface area contributed by atoms with Gasteiger partial charge >= 0.3 is 11.9 Å². The molecule has 0 amide bonds. The van der Waals surface area contributed by atoms with Gasteiger partial charge < -0.3 is 19.5 Å². The Morgan fingerprint density at radius 3 is 2.33 bits per heavy atom. The molecule has 2 atom stereocenters. The Hall–Kier alpha value is -2.57. The minimum absolute atomic E-state index is 0.131. The van der Waals surface area contributed by atoms with Gasteiger partial charge in [-0.3, -0.25) is 9.59 Å². The summed E-state index contributed by atoms with van der Waals surface area (Å²) in [6.07, 6.45) is 1.83. The van der Waals surface area contributed by atoms with Crippen molar-refractivity contribution in [2.45, 2.75) is 45.6 Å². The Balaban J connectivity index is 2.44. The van der Waals surface area contributed by atoms with Crippen molar-refractivity contribution in [3.05, 3.63) is 24.3 Å². The first-order chi connectivity index (χ1) is 13.0. The minimum atomic E-state index is -1.58. The first kappa shape index (κ1) is 20.7. The lowest BCUT2D eigenvalue weighted by atomic mass is 9.67.